The zero-order chi connectivity index (χ0) is 23.6. The number of rotatable bonds is 8. The van der Waals surface area contributed by atoms with Crippen molar-refractivity contribution >= 4 is 39.4 Å². The van der Waals surface area contributed by atoms with E-state index in [4.69, 9.17) is 9.72 Å². The number of hydrogen-bond acceptors (Lipinski definition) is 9. The molecule has 0 N–H and O–H groups in total. The lowest BCUT2D eigenvalue weighted by Crippen LogP contribution is -2.35. The third-order valence-electron chi connectivity index (χ3n) is 6.83. The van der Waals surface area contributed by atoms with Crippen LogP contribution in [0.3, 0.4) is 0 Å². The van der Waals surface area contributed by atoms with E-state index in [1.807, 2.05) is 43.0 Å². The lowest BCUT2D eigenvalue weighted by atomic mass is 9.94. The molecule has 4 aromatic heterocycles. The van der Waals surface area contributed by atoms with Gasteiger partial charge in [-0.2, -0.15) is 0 Å². The maximum atomic E-state index is 6.04. The van der Waals surface area contributed by atoms with Crippen molar-refractivity contribution in [3.05, 3.63) is 48.4 Å². The zero-order valence-corrected chi connectivity index (χ0v) is 21.4. The number of pyridine rings is 2. The van der Waals surface area contributed by atoms with Crippen LogP contribution in [-0.2, 0) is 0 Å². The average Bonchev–Trinajstić information content (AvgIpc) is 3.68. The van der Waals surface area contributed by atoms with Crippen molar-refractivity contribution < 1.29 is 4.74 Å². The molecule has 180 valence electrons. The Labute approximate surface area is 213 Å². The molecule has 0 atom stereocenters. The molecule has 0 amide bonds. The van der Waals surface area contributed by atoms with Crippen LogP contribution in [0.2, 0.25) is 0 Å². The average molecular weight is 505 g/mol. The van der Waals surface area contributed by atoms with Gasteiger partial charge in [0.05, 0.1) is 17.3 Å². The molecule has 1 saturated heterocycles. The smallest absolute Gasteiger partial charge is 0.275 e. The van der Waals surface area contributed by atoms with E-state index in [-0.39, 0.29) is 0 Å². The fourth-order valence-electron chi connectivity index (χ4n) is 4.53. The lowest BCUT2D eigenvalue weighted by molar-refractivity contribution is 0.257. The number of piperidine rings is 1. The van der Waals surface area contributed by atoms with Crippen molar-refractivity contribution in [2.45, 2.75) is 43.0 Å². The van der Waals surface area contributed by atoms with Crippen LogP contribution in [0.5, 0.6) is 5.19 Å². The molecule has 0 aromatic carbocycles. The number of thioether (sulfide) groups is 1. The summed E-state index contributed by atoms with van der Waals surface area (Å²) >= 11 is 3.15. The van der Waals surface area contributed by atoms with E-state index in [0.717, 1.165) is 64.9 Å². The van der Waals surface area contributed by atoms with Crippen molar-refractivity contribution in [3.63, 3.8) is 0 Å². The van der Waals surface area contributed by atoms with Gasteiger partial charge in [-0.3, -0.25) is 0 Å². The summed E-state index contributed by atoms with van der Waals surface area (Å²) in [6.07, 6.45) is 13.8. The Morgan fingerprint density at radius 2 is 1.80 bits per heavy atom. The van der Waals surface area contributed by atoms with Crippen LogP contribution < -0.4 is 9.64 Å². The summed E-state index contributed by atoms with van der Waals surface area (Å²) in [4.78, 5) is 26.3. The van der Waals surface area contributed by atoms with Crippen molar-refractivity contribution in [1.82, 2.24) is 24.9 Å². The summed E-state index contributed by atoms with van der Waals surface area (Å²) in [6.45, 7) is 2.70. The summed E-state index contributed by atoms with van der Waals surface area (Å²) < 4.78 is 6.04. The third kappa shape index (κ3) is 5.26. The van der Waals surface area contributed by atoms with E-state index < -0.39 is 0 Å². The van der Waals surface area contributed by atoms with Crippen molar-refractivity contribution in [1.29, 1.82) is 0 Å². The molecule has 0 bridgehead atoms. The monoisotopic (exact) mass is 504 g/mol. The quantitative estimate of drug-likeness (QED) is 0.278. The highest BCUT2D eigenvalue weighted by Crippen LogP contribution is 2.39. The Bertz CT molecular complexity index is 1280. The van der Waals surface area contributed by atoms with Gasteiger partial charge in [0.15, 0.2) is 0 Å². The first kappa shape index (κ1) is 22.7. The Kier molecular flexibility index (Phi) is 6.52. The number of anilines is 1. The second kappa shape index (κ2) is 10.1. The molecular weight excluding hydrogens is 476 g/mol. The number of ether oxygens (including phenoxy) is 1. The predicted molar refractivity (Wildman–Crippen MR) is 141 cm³/mol. The van der Waals surface area contributed by atoms with Crippen molar-refractivity contribution in [3.8, 4) is 16.5 Å². The van der Waals surface area contributed by atoms with E-state index in [0.29, 0.717) is 23.6 Å². The Hall–Kier alpha value is -2.78. The first-order valence-electron chi connectivity index (χ1n) is 12.2. The van der Waals surface area contributed by atoms with E-state index in [1.165, 1.54) is 29.7 Å². The minimum absolute atomic E-state index is 0.660. The Balaban J connectivity index is 0.999. The molecule has 0 unspecified atom stereocenters. The summed E-state index contributed by atoms with van der Waals surface area (Å²) in [5.74, 6) is 2.24. The van der Waals surface area contributed by atoms with Gasteiger partial charge in [0.2, 0.25) is 5.95 Å². The van der Waals surface area contributed by atoms with Crippen molar-refractivity contribution in [2.75, 3.05) is 30.9 Å². The van der Waals surface area contributed by atoms with Gasteiger partial charge >= 0.3 is 0 Å². The highest BCUT2D eigenvalue weighted by Gasteiger charge is 2.25. The molecule has 0 radical (unpaired) electrons. The summed E-state index contributed by atoms with van der Waals surface area (Å²) in [5, 5.41) is 1.70. The van der Waals surface area contributed by atoms with E-state index in [1.54, 1.807) is 11.8 Å². The minimum atomic E-state index is 0.660. The number of nitrogens with zero attached hydrogens (tertiary/aromatic N) is 6. The summed E-state index contributed by atoms with van der Waals surface area (Å²) in [6, 6.07) is 8.10. The predicted octanol–water partition coefficient (Wildman–Crippen LogP) is 5.83. The number of fused-ring (bicyclic) bond motifs is 1. The van der Waals surface area contributed by atoms with Crippen LogP contribution in [0.25, 0.3) is 21.6 Å². The molecule has 4 aromatic rings. The van der Waals surface area contributed by atoms with Gasteiger partial charge < -0.3 is 9.64 Å². The first-order valence-corrected chi connectivity index (χ1v) is 14.3. The minimum Gasteiger partial charge on any atom is -0.470 e. The Morgan fingerprint density at radius 3 is 2.51 bits per heavy atom. The summed E-state index contributed by atoms with van der Waals surface area (Å²) in [5.41, 5.74) is 4.09. The van der Waals surface area contributed by atoms with Gasteiger partial charge in [0, 0.05) is 37.2 Å². The highest BCUT2D eigenvalue weighted by atomic mass is 32.2. The van der Waals surface area contributed by atoms with Crippen LogP contribution in [-0.4, -0.2) is 50.9 Å². The largest absolute Gasteiger partial charge is 0.470 e. The molecule has 6 rings (SSSR count). The maximum absolute atomic E-state index is 6.04. The fraction of sp³-hybridized carbons (Fsp3) is 0.423. The molecule has 9 heteroatoms. The second-order valence-corrected chi connectivity index (χ2v) is 11.0. The molecule has 1 saturated carbocycles. The second-order valence-electron chi connectivity index (χ2n) is 9.25. The van der Waals surface area contributed by atoms with Gasteiger partial charge in [-0.05, 0) is 80.0 Å². The zero-order valence-electron chi connectivity index (χ0n) is 19.8. The number of hydrogen-bond donors (Lipinski definition) is 0. The molecule has 2 fully saturated rings. The van der Waals surface area contributed by atoms with E-state index >= 15 is 0 Å². The highest BCUT2D eigenvalue weighted by molar-refractivity contribution is 7.98. The Morgan fingerprint density at radius 1 is 0.971 bits per heavy atom. The van der Waals surface area contributed by atoms with Crippen LogP contribution in [0.1, 0.15) is 43.6 Å². The van der Waals surface area contributed by atoms with E-state index in [2.05, 4.69) is 30.9 Å². The SMILES string of the molecule is CSc1ccc(-c2ccc3nc(OCCC4CCN(c5ncc(C6CC6)cn5)CC4)sc3n2)cn1. The number of aromatic nitrogens is 5. The molecule has 1 aliphatic heterocycles. The number of thiazole rings is 1. The molecule has 1 aliphatic carbocycles. The van der Waals surface area contributed by atoms with E-state index in [9.17, 15) is 0 Å². The first-order chi connectivity index (χ1) is 17.2. The van der Waals surface area contributed by atoms with Crippen LogP contribution in [0, 0.1) is 5.92 Å². The standard InChI is InChI=1S/C26H28N6OS2/c1-34-23-7-4-19(14-27-23)21-5-6-22-24(30-21)35-26(31-22)33-13-10-17-8-11-32(12-9-17)25-28-15-20(16-29-25)18-2-3-18/h4-7,14-18H,2-3,8-13H2,1H3. The molecule has 5 heterocycles. The lowest BCUT2D eigenvalue weighted by Gasteiger charge is -2.31. The van der Waals surface area contributed by atoms with Crippen molar-refractivity contribution in [2.24, 2.45) is 5.92 Å². The molecule has 0 spiro atoms. The van der Waals surface area contributed by atoms with Gasteiger partial charge in [-0.25, -0.2) is 24.9 Å². The van der Waals surface area contributed by atoms with Crippen LogP contribution >= 0.6 is 23.1 Å². The molecule has 7 nitrogen and oxygen atoms in total. The normalized spacial score (nSPS) is 16.7. The molecular formula is C26H28N6OS2. The maximum Gasteiger partial charge on any atom is 0.275 e. The van der Waals surface area contributed by atoms with Gasteiger partial charge in [0.1, 0.15) is 10.3 Å². The fourth-order valence-corrected chi connectivity index (χ4v) is 5.70. The molecule has 35 heavy (non-hydrogen) atoms. The van der Waals surface area contributed by atoms with Gasteiger partial charge in [0.25, 0.3) is 5.19 Å². The summed E-state index contributed by atoms with van der Waals surface area (Å²) in [7, 11) is 0. The third-order valence-corrected chi connectivity index (χ3v) is 8.37. The molecule has 2 aliphatic rings. The topological polar surface area (TPSA) is 76.9 Å². The van der Waals surface area contributed by atoms with Gasteiger partial charge in [-0.15, -0.1) is 11.8 Å². The van der Waals surface area contributed by atoms with Gasteiger partial charge in [-0.1, -0.05) is 11.3 Å². The van der Waals surface area contributed by atoms with Crippen LogP contribution in [0.15, 0.2) is 47.9 Å². The van der Waals surface area contributed by atoms with Crippen LogP contribution in [0.4, 0.5) is 5.95 Å².